The second-order valence-electron chi connectivity index (χ2n) is 7.40. The minimum Gasteiger partial charge on any atom is -0.481 e. The Kier molecular flexibility index (Phi) is 14.1. The normalized spacial score (nSPS) is 11.1. The van der Waals surface area contributed by atoms with E-state index in [1.807, 2.05) is 6.07 Å². The van der Waals surface area contributed by atoms with Crippen LogP contribution in [0.2, 0.25) is 0 Å². The van der Waals surface area contributed by atoms with Crippen molar-refractivity contribution in [3.8, 4) is 0 Å². The van der Waals surface area contributed by atoms with Gasteiger partial charge >= 0.3 is 5.97 Å². The fourth-order valence-electron chi connectivity index (χ4n) is 3.19. The van der Waals surface area contributed by atoms with Crippen LogP contribution in [0.4, 0.5) is 5.69 Å². The zero-order valence-electron chi connectivity index (χ0n) is 17.2. The molecule has 1 aromatic carbocycles. The SMILES string of the molecule is CCCCCCCCCC=CCCCNc1cccc(CCCC(=O)O)c1. The van der Waals surface area contributed by atoms with Crippen LogP contribution in [0.5, 0.6) is 0 Å². The lowest BCUT2D eigenvalue weighted by Crippen LogP contribution is -2.01. The van der Waals surface area contributed by atoms with Gasteiger partial charge in [0.05, 0.1) is 0 Å². The van der Waals surface area contributed by atoms with Crippen LogP contribution < -0.4 is 5.32 Å². The van der Waals surface area contributed by atoms with E-state index in [4.69, 9.17) is 5.11 Å². The van der Waals surface area contributed by atoms with Crippen LogP contribution in [0.25, 0.3) is 0 Å². The Morgan fingerprint density at radius 3 is 2.41 bits per heavy atom. The first-order chi connectivity index (χ1) is 13.2. The van der Waals surface area contributed by atoms with Crippen molar-refractivity contribution < 1.29 is 9.90 Å². The predicted octanol–water partition coefficient (Wildman–Crippen LogP) is 6.98. The number of rotatable bonds is 17. The van der Waals surface area contributed by atoms with E-state index in [-0.39, 0.29) is 6.42 Å². The molecule has 0 bridgehead atoms. The number of nitrogens with one attached hydrogen (secondary N) is 1. The van der Waals surface area contributed by atoms with Gasteiger partial charge in [-0.1, -0.05) is 69.7 Å². The molecule has 0 radical (unpaired) electrons. The quantitative estimate of drug-likeness (QED) is 0.229. The molecule has 3 heteroatoms. The molecular formula is C24H39NO2. The number of carbonyl (C=O) groups is 1. The van der Waals surface area contributed by atoms with Gasteiger partial charge in [-0.05, 0) is 56.2 Å². The monoisotopic (exact) mass is 373 g/mol. The molecule has 1 rings (SSSR count). The van der Waals surface area contributed by atoms with E-state index < -0.39 is 5.97 Å². The summed E-state index contributed by atoms with van der Waals surface area (Å²) in [5.74, 6) is -0.718. The molecule has 0 aliphatic carbocycles. The zero-order valence-corrected chi connectivity index (χ0v) is 17.2. The highest BCUT2D eigenvalue weighted by Crippen LogP contribution is 2.13. The summed E-state index contributed by atoms with van der Waals surface area (Å²) in [7, 11) is 0. The summed E-state index contributed by atoms with van der Waals surface area (Å²) in [4.78, 5) is 10.6. The van der Waals surface area contributed by atoms with Crippen LogP contribution in [0.3, 0.4) is 0 Å². The van der Waals surface area contributed by atoms with E-state index in [1.54, 1.807) is 0 Å². The molecule has 0 aliphatic heterocycles. The predicted molar refractivity (Wildman–Crippen MR) is 116 cm³/mol. The second-order valence-corrected chi connectivity index (χ2v) is 7.40. The van der Waals surface area contributed by atoms with Crippen molar-refractivity contribution in [1.29, 1.82) is 0 Å². The average molecular weight is 374 g/mol. The van der Waals surface area contributed by atoms with E-state index in [2.05, 4.69) is 42.6 Å². The van der Waals surface area contributed by atoms with E-state index in [0.29, 0.717) is 6.42 Å². The largest absolute Gasteiger partial charge is 0.481 e. The van der Waals surface area contributed by atoms with Gasteiger partial charge in [-0.15, -0.1) is 0 Å². The van der Waals surface area contributed by atoms with Crippen LogP contribution in [0.15, 0.2) is 36.4 Å². The van der Waals surface area contributed by atoms with Crippen molar-refractivity contribution in [3.05, 3.63) is 42.0 Å². The van der Waals surface area contributed by atoms with E-state index in [0.717, 1.165) is 31.5 Å². The summed E-state index contributed by atoms with van der Waals surface area (Å²) < 4.78 is 0. The third-order valence-electron chi connectivity index (χ3n) is 4.80. The lowest BCUT2D eigenvalue weighted by atomic mass is 10.1. The molecule has 3 nitrogen and oxygen atoms in total. The van der Waals surface area contributed by atoms with Crippen molar-refractivity contribution in [2.24, 2.45) is 0 Å². The summed E-state index contributed by atoms with van der Waals surface area (Å²) in [5, 5.41) is 12.2. The lowest BCUT2D eigenvalue weighted by molar-refractivity contribution is -0.137. The Bertz CT molecular complexity index is 525. The van der Waals surface area contributed by atoms with Crippen LogP contribution in [0, 0.1) is 0 Å². The van der Waals surface area contributed by atoms with Crippen molar-refractivity contribution in [2.75, 3.05) is 11.9 Å². The van der Waals surface area contributed by atoms with Crippen molar-refractivity contribution in [1.82, 2.24) is 0 Å². The molecule has 0 aliphatic rings. The maximum atomic E-state index is 10.6. The minimum atomic E-state index is -0.718. The fourth-order valence-corrected chi connectivity index (χ4v) is 3.19. The molecule has 0 unspecified atom stereocenters. The highest BCUT2D eigenvalue weighted by molar-refractivity contribution is 5.66. The first-order valence-electron chi connectivity index (χ1n) is 10.9. The maximum absolute atomic E-state index is 10.6. The molecule has 0 heterocycles. The molecule has 27 heavy (non-hydrogen) atoms. The maximum Gasteiger partial charge on any atom is 0.303 e. The minimum absolute atomic E-state index is 0.239. The molecule has 0 atom stereocenters. The summed E-state index contributed by atoms with van der Waals surface area (Å²) in [5.41, 5.74) is 2.34. The Labute approximate surface area is 166 Å². The molecular weight excluding hydrogens is 334 g/mol. The molecule has 0 saturated heterocycles. The average Bonchev–Trinajstić information content (AvgIpc) is 2.65. The summed E-state index contributed by atoms with van der Waals surface area (Å²) in [6.07, 6.45) is 19.5. The molecule has 152 valence electrons. The molecule has 0 spiro atoms. The molecule has 2 N–H and O–H groups in total. The first-order valence-corrected chi connectivity index (χ1v) is 10.9. The van der Waals surface area contributed by atoms with Gasteiger partial charge in [-0.3, -0.25) is 4.79 Å². The van der Waals surface area contributed by atoms with E-state index in [1.165, 1.54) is 56.9 Å². The number of carboxylic acids is 1. The van der Waals surface area contributed by atoms with Crippen molar-refractivity contribution >= 4 is 11.7 Å². The number of allylic oxidation sites excluding steroid dienone is 2. The Balaban J connectivity index is 2.02. The van der Waals surface area contributed by atoms with Gasteiger partial charge in [0.2, 0.25) is 0 Å². The third-order valence-corrected chi connectivity index (χ3v) is 4.80. The zero-order chi connectivity index (χ0) is 19.6. The van der Waals surface area contributed by atoms with Gasteiger partial charge in [-0.25, -0.2) is 0 Å². The van der Waals surface area contributed by atoms with Crippen LogP contribution in [-0.4, -0.2) is 17.6 Å². The van der Waals surface area contributed by atoms with Gasteiger partial charge in [0.15, 0.2) is 0 Å². The van der Waals surface area contributed by atoms with E-state index in [9.17, 15) is 4.79 Å². The number of hydrogen-bond donors (Lipinski definition) is 2. The van der Waals surface area contributed by atoms with Crippen molar-refractivity contribution in [3.63, 3.8) is 0 Å². The number of aryl methyl sites for hydroxylation is 1. The number of anilines is 1. The summed E-state index contributed by atoms with van der Waals surface area (Å²) in [6, 6.07) is 8.33. The third kappa shape index (κ3) is 14.0. The molecule has 0 fully saturated rings. The summed E-state index contributed by atoms with van der Waals surface area (Å²) in [6.45, 7) is 3.24. The topological polar surface area (TPSA) is 49.3 Å². The molecule has 0 aromatic heterocycles. The lowest BCUT2D eigenvalue weighted by Gasteiger charge is -2.07. The number of benzene rings is 1. The van der Waals surface area contributed by atoms with E-state index >= 15 is 0 Å². The first kappa shape index (κ1) is 23.3. The Hall–Kier alpha value is -1.77. The van der Waals surface area contributed by atoms with Gasteiger partial charge in [0.25, 0.3) is 0 Å². The van der Waals surface area contributed by atoms with Gasteiger partial charge in [0, 0.05) is 18.7 Å². The Morgan fingerprint density at radius 2 is 1.67 bits per heavy atom. The van der Waals surface area contributed by atoms with Crippen LogP contribution in [-0.2, 0) is 11.2 Å². The van der Waals surface area contributed by atoms with Gasteiger partial charge < -0.3 is 10.4 Å². The molecule has 1 aromatic rings. The number of aliphatic carboxylic acids is 1. The number of unbranched alkanes of at least 4 members (excludes halogenated alkanes) is 8. The molecule has 0 saturated carbocycles. The second kappa shape index (κ2) is 16.4. The Morgan fingerprint density at radius 1 is 0.963 bits per heavy atom. The standard InChI is InChI=1S/C24H39NO2/c1-2-3-4-5-6-7-8-9-10-11-12-13-20-25-23-18-14-16-22(21-23)17-15-19-24(26)27/h10-11,14,16,18,21,25H,2-9,12-13,15,17,19-20H2,1H3,(H,26,27). The highest BCUT2D eigenvalue weighted by Gasteiger charge is 1.99. The van der Waals surface area contributed by atoms with Crippen LogP contribution >= 0.6 is 0 Å². The smallest absolute Gasteiger partial charge is 0.303 e. The van der Waals surface area contributed by atoms with Gasteiger partial charge in [-0.2, -0.15) is 0 Å². The summed E-state index contributed by atoms with van der Waals surface area (Å²) >= 11 is 0. The number of hydrogen-bond acceptors (Lipinski definition) is 2. The van der Waals surface area contributed by atoms with Crippen LogP contribution in [0.1, 0.15) is 89.5 Å². The highest BCUT2D eigenvalue weighted by atomic mass is 16.4. The fraction of sp³-hybridized carbons (Fsp3) is 0.625. The molecule has 0 amide bonds. The van der Waals surface area contributed by atoms with Crippen molar-refractivity contribution in [2.45, 2.75) is 90.4 Å². The number of carboxylic acid groups (broad SMARTS) is 1. The van der Waals surface area contributed by atoms with Gasteiger partial charge in [0.1, 0.15) is 0 Å².